The molecule has 2 saturated heterocycles. The number of aromatic nitrogens is 2. The second-order valence-electron chi connectivity index (χ2n) is 8.73. The number of nitrogens with zero attached hydrogens (tertiary/aromatic N) is 4. The number of anilines is 1. The first-order valence-corrected chi connectivity index (χ1v) is 11.1. The minimum atomic E-state index is -4.60. The maximum Gasteiger partial charge on any atom is 0.417 e. The number of benzene rings is 1. The summed E-state index contributed by atoms with van der Waals surface area (Å²) in [4.78, 5) is 28.9. The standard InChI is InChI=1S/C23H25F3N6O2/c1-28-21(33)18-13-32(22(34)20-4-7-29-30-20)12-17(18)14-5-8-31(9-6-14)16-3-2-15(11-27)19(10-16)23(24,25)26/h2-4,7,10,14,17-18H,5-6,8-9,12-13H2,1H3,(H,28,33)(H,29,30). The van der Waals surface area contributed by atoms with Crippen molar-refractivity contribution in [3.63, 3.8) is 0 Å². The lowest BCUT2D eigenvalue weighted by Gasteiger charge is -2.37. The van der Waals surface area contributed by atoms with Gasteiger partial charge < -0.3 is 15.1 Å². The van der Waals surface area contributed by atoms with Gasteiger partial charge in [0.05, 0.1) is 23.1 Å². The summed E-state index contributed by atoms with van der Waals surface area (Å²) in [5, 5.41) is 18.2. The molecule has 0 aliphatic carbocycles. The first kappa shape index (κ1) is 23.6. The summed E-state index contributed by atoms with van der Waals surface area (Å²) in [5.41, 5.74) is -0.534. The fourth-order valence-corrected chi connectivity index (χ4v) is 5.13. The Morgan fingerprint density at radius 3 is 2.53 bits per heavy atom. The average Bonchev–Trinajstić information content (AvgIpc) is 3.53. The molecule has 0 bridgehead atoms. The monoisotopic (exact) mass is 474 g/mol. The Morgan fingerprint density at radius 2 is 1.94 bits per heavy atom. The summed E-state index contributed by atoms with van der Waals surface area (Å²) in [6.07, 6.45) is -1.73. The summed E-state index contributed by atoms with van der Waals surface area (Å²) < 4.78 is 40.1. The number of hydrogen-bond acceptors (Lipinski definition) is 5. The SMILES string of the molecule is CNC(=O)C1CN(C(=O)c2ccn[nH]2)CC1C1CCN(c2ccc(C#N)c(C(F)(F)F)c2)CC1. The Bertz CT molecular complexity index is 1090. The quantitative estimate of drug-likeness (QED) is 0.709. The molecule has 11 heteroatoms. The molecule has 2 aliphatic rings. The molecule has 2 aliphatic heterocycles. The number of alkyl halides is 3. The van der Waals surface area contributed by atoms with Crippen molar-refractivity contribution in [2.45, 2.75) is 19.0 Å². The summed E-state index contributed by atoms with van der Waals surface area (Å²) in [7, 11) is 1.57. The normalized spacial score (nSPS) is 21.4. The van der Waals surface area contributed by atoms with Crippen molar-refractivity contribution in [1.82, 2.24) is 20.4 Å². The smallest absolute Gasteiger partial charge is 0.372 e. The highest BCUT2D eigenvalue weighted by Gasteiger charge is 2.44. The highest BCUT2D eigenvalue weighted by molar-refractivity contribution is 5.93. The van der Waals surface area contributed by atoms with E-state index in [2.05, 4.69) is 15.5 Å². The lowest BCUT2D eigenvalue weighted by molar-refractivity contribution is -0.137. The number of carbonyl (C=O) groups is 2. The molecule has 180 valence electrons. The molecule has 2 fully saturated rings. The van der Waals surface area contributed by atoms with Crippen LogP contribution < -0.4 is 10.2 Å². The molecular formula is C23H25F3N6O2. The second-order valence-corrected chi connectivity index (χ2v) is 8.73. The van der Waals surface area contributed by atoms with Gasteiger partial charge in [0.25, 0.3) is 5.91 Å². The van der Waals surface area contributed by atoms with Gasteiger partial charge in [-0.05, 0) is 48.9 Å². The Morgan fingerprint density at radius 1 is 1.21 bits per heavy atom. The van der Waals surface area contributed by atoms with E-state index in [9.17, 15) is 22.8 Å². The Kier molecular flexibility index (Phi) is 6.50. The molecule has 4 rings (SSSR count). The Labute approximate surface area is 194 Å². The number of rotatable bonds is 4. The van der Waals surface area contributed by atoms with Gasteiger partial charge in [-0.15, -0.1) is 0 Å². The predicted octanol–water partition coefficient (Wildman–Crippen LogP) is 2.65. The van der Waals surface area contributed by atoms with E-state index in [4.69, 9.17) is 5.26 Å². The molecule has 2 atom stereocenters. The highest BCUT2D eigenvalue weighted by Crippen LogP contribution is 2.39. The molecular weight excluding hydrogens is 449 g/mol. The number of carbonyl (C=O) groups excluding carboxylic acids is 2. The van der Waals surface area contributed by atoms with Crippen LogP contribution in [0.2, 0.25) is 0 Å². The number of amides is 2. The van der Waals surface area contributed by atoms with Crippen LogP contribution in [0.25, 0.3) is 0 Å². The van der Waals surface area contributed by atoms with Gasteiger partial charge in [0.15, 0.2) is 0 Å². The number of nitriles is 1. The third-order valence-electron chi connectivity index (χ3n) is 6.91. The van der Waals surface area contributed by atoms with Gasteiger partial charge in [0, 0.05) is 45.1 Å². The van der Waals surface area contributed by atoms with E-state index < -0.39 is 17.3 Å². The summed E-state index contributed by atoms with van der Waals surface area (Å²) in [6, 6.07) is 6.99. The molecule has 0 spiro atoms. The number of aromatic amines is 1. The van der Waals surface area contributed by atoms with Crippen LogP contribution in [0.3, 0.4) is 0 Å². The van der Waals surface area contributed by atoms with E-state index in [1.54, 1.807) is 30.1 Å². The minimum Gasteiger partial charge on any atom is -0.372 e. The lowest BCUT2D eigenvalue weighted by Crippen LogP contribution is -2.41. The van der Waals surface area contributed by atoms with Crippen molar-refractivity contribution in [2.75, 3.05) is 38.1 Å². The number of H-pyrrole nitrogens is 1. The molecule has 1 aromatic carbocycles. The molecule has 34 heavy (non-hydrogen) atoms. The molecule has 3 heterocycles. The van der Waals surface area contributed by atoms with Gasteiger partial charge >= 0.3 is 6.18 Å². The zero-order valence-corrected chi connectivity index (χ0v) is 18.6. The third-order valence-corrected chi connectivity index (χ3v) is 6.91. The van der Waals surface area contributed by atoms with Crippen LogP contribution >= 0.6 is 0 Å². The van der Waals surface area contributed by atoms with Crippen LogP contribution in [0.4, 0.5) is 18.9 Å². The van der Waals surface area contributed by atoms with Crippen LogP contribution in [-0.4, -0.2) is 60.1 Å². The van der Waals surface area contributed by atoms with Crippen molar-refractivity contribution >= 4 is 17.5 Å². The average molecular weight is 474 g/mol. The zero-order chi connectivity index (χ0) is 24.5. The van der Waals surface area contributed by atoms with Crippen LogP contribution in [0.1, 0.15) is 34.5 Å². The maximum absolute atomic E-state index is 13.4. The lowest BCUT2D eigenvalue weighted by atomic mass is 9.78. The molecule has 8 nitrogen and oxygen atoms in total. The van der Waals surface area contributed by atoms with E-state index >= 15 is 0 Å². The van der Waals surface area contributed by atoms with Gasteiger partial charge in [-0.2, -0.15) is 23.5 Å². The van der Waals surface area contributed by atoms with Gasteiger partial charge in [-0.1, -0.05) is 0 Å². The topological polar surface area (TPSA) is 105 Å². The van der Waals surface area contributed by atoms with Crippen LogP contribution in [0.5, 0.6) is 0 Å². The van der Waals surface area contributed by atoms with Crippen LogP contribution in [-0.2, 0) is 11.0 Å². The highest BCUT2D eigenvalue weighted by atomic mass is 19.4. The number of piperidine rings is 1. The molecule has 0 radical (unpaired) electrons. The van der Waals surface area contributed by atoms with Gasteiger partial charge in [0.2, 0.25) is 5.91 Å². The fraction of sp³-hybridized carbons (Fsp3) is 0.478. The van der Waals surface area contributed by atoms with Crippen molar-refractivity contribution in [3.05, 3.63) is 47.3 Å². The van der Waals surface area contributed by atoms with E-state index in [0.717, 1.165) is 6.07 Å². The Balaban J connectivity index is 1.47. The molecule has 2 N–H and O–H groups in total. The molecule has 0 saturated carbocycles. The predicted molar refractivity (Wildman–Crippen MR) is 117 cm³/mol. The third kappa shape index (κ3) is 4.58. The van der Waals surface area contributed by atoms with E-state index in [1.807, 2.05) is 4.90 Å². The van der Waals surface area contributed by atoms with Crippen LogP contribution in [0, 0.1) is 29.1 Å². The summed E-state index contributed by atoms with van der Waals surface area (Å²) in [6.45, 7) is 1.81. The van der Waals surface area contributed by atoms with Gasteiger partial charge in [-0.25, -0.2) is 0 Å². The number of nitrogens with one attached hydrogen (secondary N) is 2. The van der Waals surface area contributed by atoms with E-state index in [1.165, 1.54) is 12.3 Å². The minimum absolute atomic E-state index is 0.0410. The first-order chi connectivity index (χ1) is 16.2. The number of likely N-dealkylation sites (tertiary alicyclic amines) is 1. The zero-order valence-electron chi connectivity index (χ0n) is 18.6. The largest absolute Gasteiger partial charge is 0.417 e. The van der Waals surface area contributed by atoms with Gasteiger partial charge in [0.1, 0.15) is 5.69 Å². The number of halogens is 3. The summed E-state index contributed by atoms with van der Waals surface area (Å²) in [5.74, 6) is -0.558. The second kappa shape index (κ2) is 9.37. The van der Waals surface area contributed by atoms with E-state index in [0.29, 0.717) is 50.4 Å². The first-order valence-electron chi connectivity index (χ1n) is 11.1. The fourth-order valence-electron chi connectivity index (χ4n) is 5.13. The molecule has 2 aromatic rings. The van der Waals surface area contributed by atoms with Crippen molar-refractivity contribution in [2.24, 2.45) is 17.8 Å². The molecule has 2 unspecified atom stereocenters. The maximum atomic E-state index is 13.4. The van der Waals surface area contributed by atoms with Gasteiger partial charge in [-0.3, -0.25) is 14.7 Å². The van der Waals surface area contributed by atoms with Crippen molar-refractivity contribution < 1.29 is 22.8 Å². The summed E-state index contributed by atoms with van der Waals surface area (Å²) >= 11 is 0. The van der Waals surface area contributed by atoms with Crippen LogP contribution in [0.15, 0.2) is 30.5 Å². The Hall–Kier alpha value is -3.55. The van der Waals surface area contributed by atoms with Crippen molar-refractivity contribution in [3.8, 4) is 6.07 Å². The van der Waals surface area contributed by atoms with E-state index in [-0.39, 0.29) is 29.6 Å². The molecule has 1 aromatic heterocycles. The van der Waals surface area contributed by atoms with Crippen molar-refractivity contribution in [1.29, 1.82) is 5.26 Å². The molecule has 2 amide bonds. The number of hydrogen-bond donors (Lipinski definition) is 2.